The van der Waals surface area contributed by atoms with Crippen molar-refractivity contribution >= 4 is 17.1 Å². The number of nitrogens with two attached hydrogens (primary N) is 2. The molecule has 0 bridgehead atoms. The van der Waals surface area contributed by atoms with Gasteiger partial charge in [-0.15, -0.1) is 0 Å². The van der Waals surface area contributed by atoms with Gasteiger partial charge in [-0.3, -0.25) is 0 Å². The minimum atomic E-state index is 0.660. The van der Waals surface area contributed by atoms with Gasteiger partial charge in [0.1, 0.15) is 0 Å². The van der Waals surface area contributed by atoms with Gasteiger partial charge in [0.25, 0.3) is 0 Å². The highest BCUT2D eigenvalue weighted by Crippen LogP contribution is 2.31. The van der Waals surface area contributed by atoms with Crippen LogP contribution in [0.2, 0.25) is 0 Å². The highest BCUT2D eigenvalue weighted by atomic mass is 15.2. The molecule has 3 nitrogen and oxygen atoms in total. The van der Waals surface area contributed by atoms with Crippen molar-refractivity contribution in [1.82, 2.24) is 0 Å². The first kappa shape index (κ1) is 8.23. The lowest BCUT2D eigenvalue weighted by atomic mass is 10.2. The summed E-state index contributed by atoms with van der Waals surface area (Å²) in [5, 5.41) is 0. The van der Waals surface area contributed by atoms with Crippen molar-refractivity contribution in [2.75, 3.05) is 23.4 Å². The highest BCUT2D eigenvalue weighted by molar-refractivity contribution is 5.70. The molecule has 0 spiro atoms. The SMILES string of the molecule is CN(c1ccc(N)c(N)c1)C1CC1. The molecule has 1 aliphatic carbocycles. The number of benzene rings is 1. The van der Waals surface area contributed by atoms with Crippen LogP contribution >= 0.6 is 0 Å². The van der Waals surface area contributed by atoms with Gasteiger partial charge in [0.05, 0.1) is 11.4 Å². The van der Waals surface area contributed by atoms with E-state index in [4.69, 9.17) is 11.5 Å². The van der Waals surface area contributed by atoms with E-state index in [1.165, 1.54) is 12.8 Å². The fourth-order valence-electron chi connectivity index (χ4n) is 1.45. The van der Waals surface area contributed by atoms with Gasteiger partial charge in [-0.25, -0.2) is 0 Å². The molecule has 1 aliphatic rings. The summed E-state index contributed by atoms with van der Waals surface area (Å²) in [4.78, 5) is 2.26. The highest BCUT2D eigenvalue weighted by Gasteiger charge is 2.26. The van der Waals surface area contributed by atoms with Crippen LogP contribution in [0.4, 0.5) is 17.1 Å². The van der Waals surface area contributed by atoms with E-state index in [1.807, 2.05) is 18.2 Å². The second kappa shape index (κ2) is 2.83. The summed E-state index contributed by atoms with van der Waals surface area (Å²) in [6.07, 6.45) is 2.58. The Kier molecular flexibility index (Phi) is 1.79. The smallest absolute Gasteiger partial charge is 0.0568 e. The van der Waals surface area contributed by atoms with E-state index in [2.05, 4.69) is 11.9 Å². The molecule has 0 aliphatic heterocycles. The molecule has 0 amide bonds. The van der Waals surface area contributed by atoms with Crippen molar-refractivity contribution in [1.29, 1.82) is 0 Å². The molecule has 4 N–H and O–H groups in total. The maximum Gasteiger partial charge on any atom is 0.0568 e. The summed E-state index contributed by atoms with van der Waals surface area (Å²) >= 11 is 0. The Bertz CT molecular complexity index is 318. The molecule has 2 rings (SSSR count). The van der Waals surface area contributed by atoms with Gasteiger partial charge < -0.3 is 16.4 Å². The van der Waals surface area contributed by atoms with Gasteiger partial charge >= 0.3 is 0 Å². The summed E-state index contributed by atoms with van der Waals surface area (Å²) in [6.45, 7) is 0. The van der Waals surface area contributed by atoms with Crippen LogP contribution < -0.4 is 16.4 Å². The maximum absolute atomic E-state index is 5.73. The monoisotopic (exact) mass is 177 g/mol. The summed E-state index contributed by atoms with van der Waals surface area (Å²) in [7, 11) is 2.10. The summed E-state index contributed by atoms with van der Waals surface area (Å²) in [5.41, 5.74) is 13.9. The second-order valence-electron chi connectivity index (χ2n) is 3.66. The normalized spacial score (nSPS) is 15.8. The lowest BCUT2D eigenvalue weighted by Crippen LogP contribution is -2.19. The van der Waals surface area contributed by atoms with Crippen molar-refractivity contribution in [3.63, 3.8) is 0 Å². The number of hydrogen-bond acceptors (Lipinski definition) is 3. The van der Waals surface area contributed by atoms with Crippen molar-refractivity contribution in [3.8, 4) is 0 Å². The van der Waals surface area contributed by atoms with Crippen LogP contribution in [0, 0.1) is 0 Å². The molecule has 0 atom stereocenters. The van der Waals surface area contributed by atoms with Gasteiger partial charge in [-0.2, -0.15) is 0 Å². The van der Waals surface area contributed by atoms with Crippen LogP contribution in [0.25, 0.3) is 0 Å². The predicted octanol–water partition coefficient (Wildman–Crippen LogP) is 1.45. The van der Waals surface area contributed by atoms with Gasteiger partial charge in [-0.1, -0.05) is 0 Å². The van der Waals surface area contributed by atoms with E-state index >= 15 is 0 Å². The van der Waals surface area contributed by atoms with Gasteiger partial charge in [0.2, 0.25) is 0 Å². The van der Waals surface area contributed by atoms with E-state index < -0.39 is 0 Å². The zero-order valence-corrected chi connectivity index (χ0v) is 7.83. The quantitative estimate of drug-likeness (QED) is 0.672. The molecule has 0 radical (unpaired) electrons. The average Bonchev–Trinajstić information content (AvgIpc) is 2.91. The Morgan fingerprint density at radius 1 is 1.23 bits per heavy atom. The lowest BCUT2D eigenvalue weighted by molar-refractivity contribution is 0.918. The fourth-order valence-corrected chi connectivity index (χ4v) is 1.45. The molecule has 1 aromatic carbocycles. The van der Waals surface area contributed by atoms with E-state index in [0.717, 1.165) is 5.69 Å². The van der Waals surface area contributed by atoms with E-state index in [0.29, 0.717) is 17.4 Å². The third-order valence-electron chi connectivity index (χ3n) is 2.57. The van der Waals surface area contributed by atoms with E-state index in [-0.39, 0.29) is 0 Å². The summed E-state index contributed by atoms with van der Waals surface area (Å²) in [5.74, 6) is 0. The minimum Gasteiger partial charge on any atom is -0.397 e. The Balaban J connectivity index is 2.24. The van der Waals surface area contributed by atoms with Crippen LogP contribution in [0.5, 0.6) is 0 Å². The predicted molar refractivity (Wildman–Crippen MR) is 56.7 cm³/mol. The summed E-state index contributed by atoms with van der Waals surface area (Å²) in [6, 6.07) is 6.53. The lowest BCUT2D eigenvalue weighted by Gasteiger charge is -2.19. The Hall–Kier alpha value is -1.38. The van der Waals surface area contributed by atoms with Crippen LogP contribution in [0.15, 0.2) is 18.2 Å². The largest absolute Gasteiger partial charge is 0.397 e. The van der Waals surface area contributed by atoms with Gasteiger partial charge in [0.15, 0.2) is 0 Å². The van der Waals surface area contributed by atoms with Crippen molar-refractivity contribution < 1.29 is 0 Å². The molecule has 0 unspecified atom stereocenters. The number of nitrogen functional groups attached to an aromatic ring is 2. The van der Waals surface area contributed by atoms with Crippen LogP contribution in [-0.2, 0) is 0 Å². The first-order valence-corrected chi connectivity index (χ1v) is 4.56. The minimum absolute atomic E-state index is 0.660. The van der Waals surface area contributed by atoms with Crippen LogP contribution in [0.3, 0.4) is 0 Å². The first-order valence-electron chi connectivity index (χ1n) is 4.56. The van der Waals surface area contributed by atoms with E-state index in [9.17, 15) is 0 Å². The maximum atomic E-state index is 5.73. The standard InChI is InChI=1S/C10H15N3/c1-13(7-2-3-7)8-4-5-9(11)10(12)6-8/h4-7H,2-3,11-12H2,1H3. The van der Waals surface area contributed by atoms with Crippen molar-refractivity contribution in [3.05, 3.63) is 18.2 Å². The number of nitrogens with zero attached hydrogens (tertiary/aromatic N) is 1. The van der Waals surface area contributed by atoms with Crippen LogP contribution in [0.1, 0.15) is 12.8 Å². The third kappa shape index (κ3) is 1.54. The van der Waals surface area contributed by atoms with Crippen molar-refractivity contribution in [2.24, 2.45) is 0 Å². The fraction of sp³-hybridized carbons (Fsp3) is 0.400. The molecule has 0 aromatic heterocycles. The molecule has 13 heavy (non-hydrogen) atoms. The average molecular weight is 177 g/mol. The zero-order valence-electron chi connectivity index (χ0n) is 7.83. The number of rotatable bonds is 2. The molecule has 1 saturated carbocycles. The molecule has 1 fully saturated rings. The topological polar surface area (TPSA) is 55.3 Å². The molecular weight excluding hydrogens is 162 g/mol. The number of hydrogen-bond donors (Lipinski definition) is 2. The van der Waals surface area contributed by atoms with Crippen molar-refractivity contribution in [2.45, 2.75) is 18.9 Å². The molecule has 0 heterocycles. The third-order valence-corrected chi connectivity index (χ3v) is 2.57. The van der Waals surface area contributed by atoms with Gasteiger partial charge in [-0.05, 0) is 31.0 Å². The summed E-state index contributed by atoms with van der Waals surface area (Å²) < 4.78 is 0. The first-order chi connectivity index (χ1) is 6.18. The molecule has 0 saturated heterocycles. The second-order valence-corrected chi connectivity index (χ2v) is 3.66. The molecule has 70 valence electrons. The zero-order chi connectivity index (χ0) is 9.42. The van der Waals surface area contributed by atoms with E-state index in [1.54, 1.807) is 0 Å². The Labute approximate surface area is 78.3 Å². The van der Waals surface area contributed by atoms with Gasteiger partial charge in [0, 0.05) is 18.8 Å². The van der Waals surface area contributed by atoms with Crippen LogP contribution in [-0.4, -0.2) is 13.1 Å². The number of anilines is 3. The molecular formula is C10H15N3. The Morgan fingerprint density at radius 3 is 2.46 bits per heavy atom. The molecule has 3 heteroatoms. The Morgan fingerprint density at radius 2 is 1.92 bits per heavy atom. The molecule has 1 aromatic rings.